The van der Waals surface area contributed by atoms with Crippen molar-refractivity contribution >= 4 is 35.1 Å². The van der Waals surface area contributed by atoms with Gasteiger partial charge in [-0.05, 0) is 50.3 Å². The summed E-state index contributed by atoms with van der Waals surface area (Å²) in [7, 11) is 0. The Morgan fingerprint density at radius 1 is 1.29 bits per heavy atom. The third-order valence-corrected chi connectivity index (χ3v) is 6.07. The molecule has 3 nitrogen and oxygen atoms in total. The number of halogens is 2. The average molecular weight is 347 g/mol. The number of benzene rings is 1. The molecule has 0 aromatic heterocycles. The normalized spacial score (nSPS) is 26.0. The fourth-order valence-corrected chi connectivity index (χ4v) is 4.20. The Morgan fingerprint density at radius 2 is 2.10 bits per heavy atom. The molecule has 116 valence electrons. The van der Waals surface area contributed by atoms with Crippen LogP contribution in [0.2, 0.25) is 10.0 Å². The number of hydrogen-bond acceptors (Lipinski definition) is 4. The van der Waals surface area contributed by atoms with E-state index in [1.54, 1.807) is 12.1 Å². The first-order valence-corrected chi connectivity index (χ1v) is 9.07. The van der Waals surface area contributed by atoms with Crippen LogP contribution in [0.25, 0.3) is 0 Å². The fraction of sp³-hybridized carbons (Fsp3) is 0.600. The van der Waals surface area contributed by atoms with Crippen LogP contribution in [0.4, 0.5) is 0 Å². The highest BCUT2D eigenvalue weighted by atomic mass is 35.5. The lowest BCUT2D eigenvalue weighted by Crippen LogP contribution is -2.42. The van der Waals surface area contributed by atoms with E-state index >= 15 is 0 Å². The molecule has 2 fully saturated rings. The van der Waals surface area contributed by atoms with Crippen LogP contribution in [0.15, 0.2) is 12.1 Å². The number of nitrogens with one attached hydrogen (secondary N) is 2. The van der Waals surface area contributed by atoms with E-state index in [0.29, 0.717) is 16.1 Å². The minimum absolute atomic E-state index is 0.259. The van der Waals surface area contributed by atoms with Crippen LogP contribution in [0, 0.1) is 0 Å². The first kappa shape index (κ1) is 15.8. The second-order valence-corrected chi connectivity index (χ2v) is 7.81. The second-order valence-electron chi connectivity index (χ2n) is 5.83. The first-order valence-electron chi connectivity index (χ1n) is 7.44. The molecule has 1 aromatic rings. The molecule has 3 rings (SSSR count). The number of hydrogen-bond donors (Lipinski definition) is 3. The van der Waals surface area contributed by atoms with Crippen molar-refractivity contribution in [3.63, 3.8) is 0 Å². The lowest BCUT2D eigenvalue weighted by atomic mass is 9.86. The zero-order valence-corrected chi connectivity index (χ0v) is 14.1. The molecule has 0 amide bonds. The van der Waals surface area contributed by atoms with Crippen LogP contribution in [-0.4, -0.2) is 29.5 Å². The van der Waals surface area contributed by atoms with Gasteiger partial charge < -0.3 is 10.4 Å². The van der Waals surface area contributed by atoms with Crippen molar-refractivity contribution in [3.8, 4) is 5.75 Å². The van der Waals surface area contributed by atoms with Crippen LogP contribution in [0.3, 0.4) is 0 Å². The van der Waals surface area contributed by atoms with Crippen LogP contribution < -0.4 is 10.0 Å². The van der Waals surface area contributed by atoms with Gasteiger partial charge in [0.25, 0.3) is 0 Å². The zero-order chi connectivity index (χ0) is 14.8. The highest BCUT2D eigenvalue weighted by Gasteiger charge is 2.28. The van der Waals surface area contributed by atoms with E-state index < -0.39 is 0 Å². The van der Waals surface area contributed by atoms with Crippen molar-refractivity contribution in [2.24, 2.45) is 0 Å². The molecule has 2 aliphatic rings. The standard InChI is InChI=1S/C15H20Cl2N2OS/c16-12-3-4-13(20)14(15(12)17)9-5-6-18-10(7-9)8-19-21-11-1-2-11/h3-4,9-11,18-20H,1-2,5-8H2. The Hall–Kier alpha value is -0.130. The van der Waals surface area contributed by atoms with Crippen molar-refractivity contribution in [3.05, 3.63) is 27.7 Å². The number of phenolic OH excluding ortho intramolecular Hbond substituents is 1. The van der Waals surface area contributed by atoms with Gasteiger partial charge in [0.15, 0.2) is 0 Å². The van der Waals surface area contributed by atoms with Gasteiger partial charge in [0.1, 0.15) is 5.75 Å². The lowest BCUT2D eigenvalue weighted by Gasteiger charge is -2.31. The molecule has 21 heavy (non-hydrogen) atoms. The van der Waals surface area contributed by atoms with Crippen LogP contribution in [-0.2, 0) is 0 Å². The molecule has 1 heterocycles. The first-order chi connectivity index (χ1) is 10.1. The third-order valence-electron chi connectivity index (χ3n) is 4.12. The molecule has 0 bridgehead atoms. The smallest absolute Gasteiger partial charge is 0.120 e. The summed E-state index contributed by atoms with van der Waals surface area (Å²) in [5.41, 5.74) is 0.811. The maximum atomic E-state index is 10.1. The summed E-state index contributed by atoms with van der Waals surface area (Å²) in [6.07, 6.45) is 4.61. The summed E-state index contributed by atoms with van der Waals surface area (Å²) >= 11 is 14.2. The molecule has 1 aromatic carbocycles. The molecular formula is C15H20Cl2N2OS. The molecule has 2 unspecified atom stereocenters. The van der Waals surface area contributed by atoms with Crippen molar-refractivity contribution in [2.75, 3.05) is 13.1 Å². The number of rotatable bonds is 5. The van der Waals surface area contributed by atoms with E-state index in [4.69, 9.17) is 23.2 Å². The van der Waals surface area contributed by atoms with Gasteiger partial charge in [-0.2, -0.15) is 0 Å². The van der Waals surface area contributed by atoms with Gasteiger partial charge in [0.05, 0.1) is 10.0 Å². The monoisotopic (exact) mass is 346 g/mol. The van der Waals surface area contributed by atoms with E-state index in [-0.39, 0.29) is 11.7 Å². The Labute approximate surface area is 139 Å². The summed E-state index contributed by atoms with van der Waals surface area (Å²) < 4.78 is 3.46. The molecule has 1 saturated heterocycles. The minimum Gasteiger partial charge on any atom is -0.508 e. The molecule has 3 N–H and O–H groups in total. The summed E-state index contributed by atoms with van der Waals surface area (Å²) in [6, 6.07) is 3.70. The van der Waals surface area contributed by atoms with E-state index in [1.165, 1.54) is 12.8 Å². The molecular weight excluding hydrogens is 327 g/mol. The summed E-state index contributed by atoms with van der Waals surface area (Å²) in [5, 5.41) is 15.5. The van der Waals surface area contributed by atoms with Crippen LogP contribution in [0.5, 0.6) is 5.75 Å². The predicted octanol–water partition coefficient (Wildman–Crippen LogP) is 3.93. The van der Waals surface area contributed by atoms with Gasteiger partial charge in [-0.3, -0.25) is 4.72 Å². The molecule has 1 aliphatic heterocycles. The van der Waals surface area contributed by atoms with Gasteiger partial charge in [-0.25, -0.2) is 0 Å². The maximum absolute atomic E-state index is 10.1. The highest BCUT2D eigenvalue weighted by Crippen LogP contribution is 2.41. The van der Waals surface area contributed by atoms with E-state index in [2.05, 4.69) is 10.0 Å². The molecule has 0 radical (unpaired) electrons. The summed E-state index contributed by atoms with van der Waals surface area (Å²) in [4.78, 5) is 0. The van der Waals surface area contributed by atoms with E-state index in [9.17, 15) is 5.11 Å². The van der Waals surface area contributed by atoms with Crippen molar-refractivity contribution in [1.29, 1.82) is 0 Å². The Kier molecular flexibility index (Phi) is 5.23. The number of phenols is 1. The van der Waals surface area contributed by atoms with Crippen LogP contribution in [0.1, 0.15) is 37.2 Å². The molecule has 0 spiro atoms. The van der Waals surface area contributed by atoms with Crippen molar-refractivity contribution in [2.45, 2.75) is 42.9 Å². The molecule has 6 heteroatoms. The van der Waals surface area contributed by atoms with Gasteiger partial charge in [0, 0.05) is 23.4 Å². The van der Waals surface area contributed by atoms with Crippen molar-refractivity contribution in [1.82, 2.24) is 10.0 Å². The van der Waals surface area contributed by atoms with Gasteiger partial charge in [0.2, 0.25) is 0 Å². The van der Waals surface area contributed by atoms with E-state index in [1.807, 2.05) is 11.9 Å². The molecule has 2 atom stereocenters. The van der Waals surface area contributed by atoms with Crippen molar-refractivity contribution < 1.29 is 5.11 Å². The summed E-state index contributed by atoms with van der Waals surface area (Å²) in [5.74, 6) is 0.519. The largest absolute Gasteiger partial charge is 0.508 e. The minimum atomic E-state index is 0.259. The Morgan fingerprint density at radius 3 is 2.86 bits per heavy atom. The Balaban J connectivity index is 1.63. The average Bonchev–Trinajstić information content (AvgIpc) is 3.28. The van der Waals surface area contributed by atoms with Gasteiger partial charge in [-0.1, -0.05) is 35.1 Å². The quantitative estimate of drug-likeness (QED) is 0.706. The SMILES string of the molecule is Oc1ccc(Cl)c(Cl)c1C1CCNC(CNSC2CC2)C1. The topological polar surface area (TPSA) is 44.3 Å². The number of piperidine rings is 1. The lowest BCUT2D eigenvalue weighted by molar-refractivity contribution is 0.354. The van der Waals surface area contributed by atoms with Gasteiger partial charge in [-0.15, -0.1) is 0 Å². The van der Waals surface area contributed by atoms with E-state index in [0.717, 1.165) is 36.7 Å². The highest BCUT2D eigenvalue weighted by molar-refractivity contribution is 7.98. The fourth-order valence-electron chi connectivity index (χ4n) is 2.82. The predicted molar refractivity (Wildman–Crippen MR) is 90.5 cm³/mol. The molecule has 1 aliphatic carbocycles. The maximum Gasteiger partial charge on any atom is 0.120 e. The second kappa shape index (κ2) is 6.97. The summed E-state index contributed by atoms with van der Waals surface area (Å²) in [6.45, 7) is 1.88. The third kappa shape index (κ3) is 3.99. The zero-order valence-electron chi connectivity index (χ0n) is 11.7. The van der Waals surface area contributed by atoms with Crippen LogP contribution >= 0.6 is 35.1 Å². The molecule has 1 saturated carbocycles. The number of aromatic hydroxyl groups is 1. The van der Waals surface area contributed by atoms with Gasteiger partial charge >= 0.3 is 0 Å². The Bertz CT molecular complexity index is 511.